The van der Waals surface area contributed by atoms with E-state index in [-0.39, 0.29) is 67.9 Å². The van der Waals surface area contributed by atoms with Crippen LogP contribution in [-0.2, 0) is 18.6 Å². The normalized spacial score (nSPS) is 21.4. The van der Waals surface area contributed by atoms with Crippen LogP contribution in [0.1, 0.15) is 39.1 Å². The molecular weight excluding hydrogens is 528 g/mol. The third-order valence-electron chi connectivity index (χ3n) is 5.71. The second-order valence-electron chi connectivity index (χ2n) is 8.59. The van der Waals surface area contributed by atoms with E-state index in [2.05, 4.69) is 64.2 Å². The first-order valence-electron chi connectivity index (χ1n) is 10.6. The standard InChI is InChI=1S/C25H25N5.3ClH.V/c1-14(2)16-8-10-18-22(12-16)29-24(27-18)20-6-5-7-21(26-20)25-28-19-11-9-17(15(3)4)13-23(19)30-25;;;;/h5-15,18-19H,1-4H3;3*1H;/q;;;;+3/p-3. The number of rotatable bonds is 4. The fourth-order valence-corrected chi connectivity index (χ4v) is 3.84. The van der Waals surface area contributed by atoms with Gasteiger partial charge in [0.15, 0.2) is 11.7 Å². The van der Waals surface area contributed by atoms with Crippen LogP contribution in [-0.4, -0.2) is 40.2 Å². The van der Waals surface area contributed by atoms with Gasteiger partial charge in [-0.2, -0.15) is 0 Å². The van der Waals surface area contributed by atoms with Crippen molar-refractivity contribution in [1.82, 2.24) is 4.98 Å². The third kappa shape index (κ3) is 5.89. The fraction of sp³-hybridized carbons (Fsp3) is 0.320. The minimum Gasteiger partial charge on any atom is -1.00 e. The summed E-state index contributed by atoms with van der Waals surface area (Å²) in [6.45, 7) is 8.76. The van der Waals surface area contributed by atoms with Crippen molar-refractivity contribution in [1.29, 1.82) is 0 Å². The van der Waals surface area contributed by atoms with Crippen LogP contribution in [0, 0.1) is 11.8 Å². The molecule has 4 aliphatic rings. The molecule has 0 fully saturated rings. The van der Waals surface area contributed by atoms with E-state index >= 15 is 0 Å². The molecule has 0 bridgehead atoms. The van der Waals surface area contributed by atoms with E-state index in [1.54, 1.807) is 0 Å². The van der Waals surface area contributed by atoms with Crippen molar-refractivity contribution in [3.8, 4) is 0 Å². The van der Waals surface area contributed by atoms with Crippen molar-refractivity contribution in [2.75, 3.05) is 0 Å². The first-order valence-corrected chi connectivity index (χ1v) is 10.6. The molecule has 2 aliphatic carbocycles. The molecule has 5 nitrogen and oxygen atoms in total. The average molecular weight is 553 g/mol. The molecular formula is C25H25Cl3N5V. The van der Waals surface area contributed by atoms with Gasteiger partial charge in [-0.25, -0.2) is 15.0 Å². The Hall–Kier alpha value is -1.76. The topological polar surface area (TPSA) is 62.3 Å². The molecule has 3 heterocycles. The Labute approximate surface area is 231 Å². The Balaban J connectivity index is 0.00000144. The first-order chi connectivity index (χ1) is 14.5. The van der Waals surface area contributed by atoms with Crippen molar-refractivity contribution >= 4 is 23.1 Å². The van der Waals surface area contributed by atoms with Crippen LogP contribution >= 0.6 is 0 Å². The number of amidine groups is 2. The summed E-state index contributed by atoms with van der Waals surface area (Å²) < 4.78 is 0. The molecule has 0 radical (unpaired) electrons. The van der Waals surface area contributed by atoms with Crippen LogP contribution in [0.5, 0.6) is 0 Å². The van der Waals surface area contributed by atoms with Gasteiger partial charge in [0.05, 0.1) is 11.4 Å². The molecule has 1 aromatic rings. The first kappa shape index (κ1) is 30.3. The van der Waals surface area contributed by atoms with E-state index in [0.29, 0.717) is 23.5 Å². The van der Waals surface area contributed by atoms with Gasteiger partial charge >= 0.3 is 18.6 Å². The van der Waals surface area contributed by atoms with Gasteiger partial charge < -0.3 is 37.2 Å². The van der Waals surface area contributed by atoms with Gasteiger partial charge in [-0.05, 0) is 47.3 Å². The summed E-state index contributed by atoms with van der Waals surface area (Å²) in [5.74, 6) is 2.29. The Kier molecular flexibility index (Phi) is 10.9. The molecule has 0 saturated heterocycles. The molecule has 0 saturated carbocycles. The van der Waals surface area contributed by atoms with E-state index in [4.69, 9.17) is 25.0 Å². The molecule has 0 N–H and O–H groups in total. The molecule has 0 spiro atoms. The van der Waals surface area contributed by atoms with Gasteiger partial charge in [0.2, 0.25) is 0 Å². The zero-order valence-electron chi connectivity index (χ0n) is 19.3. The van der Waals surface area contributed by atoms with Crippen LogP contribution in [0.2, 0.25) is 0 Å². The summed E-state index contributed by atoms with van der Waals surface area (Å²) in [6, 6.07) is 5.86. The minimum atomic E-state index is -0.00961. The zero-order valence-corrected chi connectivity index (χ0v) is 23.0. The molecule has 2 aliphatic heterocycles. The van der Waals surface area contributed by atoms with Crippen LogP contribution in [0.25, 0.3) is 0 Å². The van der Waals surface area contributed by atoms with E-state index in [1.807, 2.05) is 18.2 Å². The van der Waals surface area contributed by atoms with Crippen LogP contribution < -0.4 is 37.2 Å². The van der Waals surface area contributed by atoms with Gasteiger partial charge in [-0.1, -0.05) is 58.1 Å². The van der Waals surface area contributed by atoms with Gasteiger partial charge in [-0.3, -0.25) is 9.98 Å². The number of hydrogen-bond donors (Lipinski definition) is 0. The predicted octanol–water partition coefficient (Wildman–Crippen LogP) is -4.46. The predicted molar refractivity (Wildman–Crippen MR) is 124 cm³/mol. The van der Waals surface area contributed by atoms with Crippen LogP contribution in [0.4, 0.5) is 0 Å². The molecule has 2 atom stereocenters. The maximum Gasteiger partial charge on any atom is 3.00 e. The monoisotopic (exact) mass is 551 g/mol. The average Bonchev–Trinajstić information content (AvgIpc) is 3.36. The van der Waals surface area contributed by atoms with E-state index in [9.17, 15) is 0 Å². The van der Waals surface area contributed by atoms with E-state index < -0.39 is 0 Å². The number of fused-ring (bicyclic) bond motifs is 2. The molecule has 0 aromatic carbocycles. The number of halogens is 3. The Morgan fingerprint density at radius 1 is 0.676 bits per heavy atom. The molecule has 5 rings (SSSR count). The quantitative estimate of drug-likeness (QED) is 0.372. The largest absolute Gasteiger partial charge is 3.00 e. The van der Waals surface area contributed by atoms with Crippen molar-refractivity contribution < 1.29 is 55.8 Å². The third-order valence-corrected chi connectivity index (χ3v) is 5.71. The van der Waals surface area contributed by atoms with Crippen molar-refractivity contribution in [2.45, 2.75) is 39.8 Å². The van der Waals surface area contributed by atoms with Gasteiger partial charge in [0.1, 0.15) is 23.5 Å². The minimum absolute atomic E-state index is 0. The fourth-order valence-electron chi connectivity index (χ4n) is 3.84. The second kappa shape index (κ2) is 12.3. The molecule has 0 amide bonds. The summed E-state index contributed by atoms with van der Waals surface area (Å²) in [4.78, 5) is 23.9. The number of nitrogens with zero attached hydrogens (tertiary/aromatic N) is 5. The molecule has 9 heteroatoms. The smallest absolute Gasteiger partial charge is 1.00 e. The van der Waals surface area contributed by atoms with Gasteiger partial charge in [0, 0.05) is 0 Å². The number of hydrogen-bond acceptors (Lipinski definition) is 5. The molecule has 2 unspecified atom stereocenters. The molecule has 176 valence electrons. The van der Waals surface area contributed by atoms with Gasteiger partial charge in [0.25, 0.3) is 0 Å². The maximum atomic E-state index is 4.80. The Morgan fingerprint density at radius 3 is 1.47 bits per heavy atom. The number of aliphatic imine (C=N–C) groups is 4. The summed E-state index contributed by atoms with van der Waals surface area (Å²) in [5.41, 5.74) is 6.06. The van der Waals surface area contributed by atoms with Crippen molar-refractivity contribution in [2.24, 2.45) is 31.8 Å². The molecule has 1 aromatic heterocycles. The summed E-state index contributed by atoms with van der Waals surface area (Å²) in [7, 11) is 0. The molecule has 34 heavy (non-hydrogen) atoms. The van der Waals surface area contributed by atoms with Crippen LogP contribution in [0.3, 0.4) is 0 Å². The summed E-state index contributed by atoms with van der Waals surface area (Å²) >= 11 is 0. The Bertz CT molecular complexity index is 1090. The summed E-state index contributed by atoms with van der Waals surface area (Å²) in [6.07, 6.45) is 12.8. The number of aromatic nitrogens is 1. The van der Waals surface area contributed by atoms with Crippen LogP contribution in [0.15, 0.2) is 85.8 Å². The number of allylic oxidation sites excluding steroid dienone is 4. The second-order valence-corrected chi connectivity index (χ2v) is 8.59. The maximum absolute atomic E-state index is 4.80. The van der Waals surface area contributed by atoms with Gasteiger partial charge in [-0.15, -0.1) is 0 Å². The van der Waals surface area contributed by atoms with Crippen molar-refractivity contribution in [3.05, 3.63) is 77.2 Å². The number of pyridine rings is 1. The van der Waals surface area contributed by atoms with E-state index in [1.165, 1.54) is 11.1 Å². The van der Waals surface area contributed by atoms with Crippen molar-refractivity contribution in [3.63, 3.8) is 0 Å². The zero-order chi connectivity index (χ0) is 20.8. The Morgan fingerprint density at radius 2 is 1.09 bits per heavy atom. The SMILES string of the molecule is CC(C)C1=CC2=NC(c3cccc(C4=NC5C=CC(C(C)C)=CC5=N4)n3)=NC2C=C1.[Cl-].[Cl-].[Cl-].[V+3]. The summed E-state index contributed by atoms with van der Waals surface area (Å²) in [5, 5.41) is 0. The van der Waals surface area contributed by atoms with E-state index in [0.717, 1.165) is 22.8 Å².